The molecule has 1 saturated heterocycles. The minimum Gasteiger partial charge on any atom is -0.466 e. The third-order valence-corrected chi connectivity index (χ3v) is 3.77. The zero-order chi connectivity index (χ0) is 15.0. The van der Waals surface area contributed by atoms with Crippen LogP contribution in [0.15, 0.2) is 0 Å². The van der Waals surface area contributed by atoms with Gasteiger partial charge in [-0.25, -0.2) is 0 Å². The topological polar surface area (TPSA) is 49.9 Å². The van der Waals surface area contributed by atoms with Gasteiger partial charge in [-0.05, 0) is 39.8 Å². The molecule has 0 saturated carbocycles. The number of ether oxygens (including phenoxy) is 1. The monoisotopic (exact) mass is 284 g/mol. The summed E-state index contributed by atoms with van der Waals surface area (Å²) in [5, 5.41) is 0. The summed E-state index contributed by atoms with van der Waals surface area (Å²) < 4.78 is 5.04. The van der Waals surface area contributed by atoms with Crippen molar-refractivity contribution in [3.63, 3.8) is 0 Å². The smallest absolute Gasteiger partial charge is 0.309 e. The first-order valence-corrected chi connectivity index (χ1v) is 7.71. The largest absolute Gasteiger partial charge is 0.466 e. The lowest BCUT2D eigenvalue weighted by Gasteiger charge is -2.32. The van der Waals surface area contributed by atoms with Crippen LogP contribution in [0.25, 0.3) is 0 Å². The number of likely N-dealkylation sites (N-methyl/N-ethyl adjacent to an activating group) is 1. The lowest BCUT2D eigenvalue weighted by molar-refractivity contribution is -0.151. The molecule has 5 heteroatoms. The van der Waals surface area contributed by atoms with Crippen molar-refractivity contribution >= 4 is 11.9 Å². The average molecular weight is 284 g/mol. The summed E-state index contributed by atoms with van der Waals surface area (Å²) in [5.74, 6) is 0.0300. The highest BCUT2D eigenvalue weighted by Crippen LogP contribution is 2.18. The number of carbonyl (C=O) groups is 2. The molecule has 0 spiro atoms. The molecule has 0 N–H and O–H groups in total. The second-order valence-corrected chi connectivity index (χ2v) is 5.50. The predicted octanol–water partition coefficient (Wildman–Crippen LogP) is 1.52. The van der Waals surface area contributed by atoms with E-state index in [0.717, 1.165) is 32.2 Å². The molecule has 20 heavy (non-hydrogen) atoms. The number of unbranched alkanes of at least 4 members (excludes halogenated alkanes) is 1. The highest BCUT2D eigenvalue weighted by atomic mass is 16.5. The molecule has 5 nitrogen and oxygen atoms in total. The van der Waals surface area contributed by atoms with Gasteiger partial charge in [0.2, 0.25) is 5.91 Å². The normalized spacial score (nSPS) is 16.5. The number of rotatable bonds is 7. The molecule has 0 unspecified atom stereocenters. The van der Waals surface area contributed by atoms with E-state index in [-0.39, 0.29) is 17.8 Å². The predicted molar refractivity (Wildman–Crippen MR) is 78.3 cm³/mol. The van der Waals surface area contributed by atoms with Gasteiger partial charge in [-0.15, -0.1) is 0 Å². The molecule has 1 amide bonds. The van der Waals surface area contributed by atoms with Crippen molar-refractivity contribution in [1.82, 2.24) is 9.80 Å². The number of nitrogens with zero attached hydrogens (tertiary/aromatic N) is 2. The summed E-state index contributed by atoms with van der Waals surface area (Å²) in [6.45, 7) is 7.18. The molecular weight excluding hydrogens is 256 g/mol. The number of hydrogen-bond acceptors (Lipinski definition) is 4. The van der Waals surface area contributed by atoms with Crippen LogP contribution in [0.1, 0.15) is 39.5 Å². The number of esters is 1. The molecule has 0 aromatic heterocycles. The average Bonchev–Trinajstić information content (AvgIpc) is 2.45. The fourth-order valence-electron chi connectivity index (χ4n) is 2.46. The Bertz CT molecular complexity index is 312. The number of amides is 1. The highest BCUT2D eigenvalue weighted by molar-refractivity contribution is 5.79. The van der Waals surface area contributed by atoms with Crippen molar-refractivity contribution in [2.24, 2.45) is 5.92 Å². The summed E-state index contributed by atoms with van der Waals surface area (Å²) in [7, 11) is 1.99. The highest BCUT2D eigenvalue weighted by Gasteiger charge is 2.28. The fourth-order valence-corrected chi connectivity index (χ4v) is 2.46. The van der Waals surface area contributed by atoms with Gasteiger partial charge < -0.3 is 9.64 Å². The number of carbonyl (C=O) groups excluding carboxylic acids is 2. The molecule has 0 aliphatic carbocycles. The Labute approximate surface area is 122 Å². The molecule has 1 aliphatic heterocycles. The maximum atomic E-state index is 12.1. The van der Waals surface area contributed by atoms with E-state index in [4.69, 9.17) is 4.74 Å². The second kappa shape index (κ2) is 8.95. The standard InChI is InChI=1S/C15H28N2O3/c1-4-6-9-16(3)12-14(18)17-10-7-13(8-11-17)15(19)20-5-2/h13H,4-12H2,1-3H3. The lowest BCUT2D eigenvalue weighted by Crippen LogP contribution is -2.44. The van der Waals surface area contributed by atoms with E-state index in [1.165, 1.54) is 0 Å². The second-order valence-electron chi connectivity index (χ2n) is 5.50. The van der Waals surface area contributed by atoms with E-state index < -0.39 is 0 Å². The molecule has 1 aliphatic rings. The Morgan fingerprint density at radius 1 is 1.25 bits per heavy atom. The van der Waals surface area contributed by atoms with E-state index in [2.05, 4.69) is 11.8 Å². The van der Waals surface area contributed by atoms with E-state index in [9.17, 15) is 9.59 Å². The van der Waals surface area contributed by atoms with Crippen LogP contribution in [-0.4, -0.2) is 61.5 Å². The zero-order valence-electron chi connectivity index (χ0n) is 13.1. The Morgan fingerprint density at radius 3 is 2.45 bits per heavy atom. The van der Waals surface area contributed by atoms with E-state index in [0.29, 0.717) is 26.2 Å². The lowest BCUT2D eigenvalue weighted by atomic mass is 9.97. The third kappa shape index (κ3) is 5.49. The van der Waals surface area contributed by atoms with Gasteiger partial charge in [-0.2, -0.15) is 0 Å². The summed E-state index contributed by atoms with van der Waals surface area (Å²) in [6, 6.07) is 0. The summed E-state index contributed by atoms with van der Waals surface area (Å²) in [6.07, 6.45) is 3.71. The van der Waals surface area contributed by atoms with E-state index in [1.54, 1.807) is 0 Å². The summed E-state index contributed by atoms with van der Waals surface area (Å²) >= 11 is 0. The third-order valence-electron chi connectivity index (χ3n) is 3.77. The van der Waals surface area contributed by atoms with E-state index in [1.807, 2.05) is 18.9 Å². The van der Waals surface area contributed by atoms with Crippen molar-refractivity contribution in [3.8, 4) is 0 Å². The Hall–Kier alpha value is -1.10. The van der Waals surface area contributed by atoms with Gasteiger partial charge in [-0.3, -0.25) is 14.5 Å². The van der Waals surface area contributed by atoms with Crippen LogP contribution >= 0.6 is 0 Å². The van der Waals surface area contributed by atoms with Gasteiger partial charge in [0.1, 0.15) is 0 Å². The first-order chi connectivity index (χ1) is 9.58. The van der Waals surface area contributed by atoms with Gasteiger partial charge in [0.05, 0.1) is 19.1 Å². The van der Waals surface area contributed by atoms with Crippen LogP contribution in [0.4, 0.5) is 0 Å². The Kier molecular flexibility index (Phi) is 7.59. The minimum absolute atomic E-state index is 0.0307. The van der Waals surface area contributed by atoms with Gasteiger partial charge in [0.25, 0.3) is 0 Å². The summed E-state index contributed by atoms with van der Waals surface area (Å²) in [4.78, 5) is 27.7. The van der Waals surface area contributed by atoms with Crippen LogP contribution in [0.2, 0.25) is 0 Å². The summed E-state index contributed by atoms with van der Waals surface area (Å²) in [5.41, 5.74) is 0. The zero-order valence-corrected chi connectivity index (χ0v) is 13.1. The van der Waals surface area contributed by atoms with E-state index >= 15 is 0 Å². The van der Waals surface area contributed by atoms with Crippen molar-refractivity contribution in [2.75, 3.05) is 39.8 Å². The fraction of sp³-hybridized carbons (Fsp3) is 0.867. The molecule has 0 atom stereocenters. The quantitative estimate of drug-likeness (QED) is 0.665. The number of likely N-dealkylation sites (tertiary alicyclic amines) is 1. The maximum Gasteiger partial charge on any atom is 0.309 e. The van der Waals surface area contributed by atoms with Crippen molar-refractivity contribution < 1.29 is 14.3 Å². The molecule has 1 rings (SSSR count). The van der Waals surface area contributed by atoms with Gasteiger partial charge in [0.15, 0.2) is 0 Å². The Morgan fingerprint density at radius 2 is 1.90 bits per heavy atom. The first-order valence-electron chi connectivity index (χ1n) is 7.71. The SMILES string of the molecule is CCCCN(C)CC(=O)N1CCC(C(=O)OCC)CC1. The maximum absolute atomic E-state index is 12.1. The van der Waals surface area contributed by atoms with Crippen molar-refractivity contribution in [3.05, 3.63) is 0 Å². The first kappa shape index (κ1) is 17.0. The number of piperidine rings is 1. The van der Waals surface area contributed by atoms with Gasteiger partial charge in [-0.1, -0.05) is 13.3 Å². The van der Waals surface area contributed by atoms with Crippen LogP contribution < -0.4 is 0 Å². The minimum atomic E-state index is -0.111. The molecular formula is C15H28N2O3. The van der Waals surface area contributed by atoms with Crippen LogP contribution in [0.3, 0.4) is 0 Å². The molecule has 0 radical (unpaired) electrons. The van der Waals surface area contributed by atoms with Crippen molar-refractivity contribution in [1.29, 1.82) is 0 Å². The molecule has 0 bridgehead atoms. The molecule has 116 valence electrons. The number of hydrogen-bond donors (Lipinski definition) is 0. The molecule has 0 aromatic rings. The van der Waals surface area contributed by atoms with Crippen LogP contribution in [0, 0.1) is 5.92 Å². The molecule has 1 fully saturated rings. The van der Waals surface area contributed by atoms with Gasteiger partial charge in [0, 0.05) is 13.1 Å². The molecule has 0 aromatic carbocycles. The molecule has 1 heterocycles. The van der Waals surface area contributed by atoms with Crippen LogP contribution in [0.5, 0.6) is 0 Å². The van der Waals surface area contributed by atoms with Crippen molar-refractivity contribution in [2.45, 2.75) is 39.5 Å². The van der Waals surface area contributed by atoms with Crippen LogP contribution in [-0.2, 0) is 14.3 Å². The Balaban J connectivity index is 2.30. The van der Waals surface area contributed by atoms with Gasteiger partial charge >= 0.3 is 5.97 Å².